The van der Waals surface area contributed by atoms with E-state index in [0.29, 0.717) is 21.9 Å². The van der Waals surface area contributed by atoms with Crippen molar-refractivity contribution in [3.05, 3.63) is 101 Å². The number of hydrogen-bond acceptors (Lipinski definition) is 6. The fraction of sp³-hybridized carbons (Fsp3) is 0.0769. The van der Waals surface area contributed by atoms with E-state index in [1.54, 1.807) is 42.5 Å². The van der Waals surface area contributed by atoms with Crippen LogP contribution in [-0.2, 0) is 9.59 Å². The van der Waals surface area contributed by atoms with Crippen molar-refractivity contribution in [3.63, 3.8) is 0 Å². The molecule has 3 aromatic carbocycles. The van der Waals surface area contributed by atoms with Crippen LogP contribution in [0.4, 0.5) is 0 Å². The van der Waals surface area contributed by atoms with Gasteiger partial charge in [0, 0.05) is 16.7 Å². The second-order valence-corrected chi connectivity index (χ2v) is 7.50. The molecule has 3 rings (SSSR count). The molecule has 0 unspecified atom stereocenters. The van der Waals surface area contributed by atoms with Gasteiger partial charge in [-0.25, -0.2) is 10.2 Å². The van der Waals surface area contributed by atoms with E-state index in [4.69, 9.17) is 21.1 Å². The summed E-state index contributed by atoms with van der Waals surface area (Å²) in [5.74, 6) is -0.948. The number of benzene rings is 3. The van der Waals surface area contributed by atoms with Crippen LogP contribution in [0.5, 0.6) is 11.5 Å². The average molecular weight is 492 g/mol. The Hall–Kier alpha value is -4.43. The van der Waals surface area contributed by atoms with Crippen molar-refractivity contribution >= 4 is 41.7 Å². The van der Waals surface area contributed by atoms with E-state index in [1.807, 2.05) is 30.3 Å². The Bertz CT molecular complexity index is 1260. The maximum atomic E-state index is 12.1. The molecule has 0 bridgehead atoms. The van der Waals surface area contributed by atoms with Crippen molar-refractivity contribution in [1.82, 2.24) is 10.7 Å². The van der Waals surface area contributed by atoms with E-state index in [-0.39, 0.29) is 12.3 Å². The summed E-state index contributed by atoms with van der Waals surface area (Å²) in [6.45, 7) is -0.266. The van der Waals surface area contributed by atoms with Gasteiger partial charge < -0.3 is 14.8 Å². The molecule has 3 aromatic rings. The molecular weight excluding hydrogens is 470 g/mol. The quantitative estimate of drug-likeness (QED) is 0.155. The lowest BCUT2D eigenvalue weighted by atomic mass is 10.2. The first-order valence-corrected chi connectivity index (χ1v) is 10.8. The first-order valence-electron chi connectivity index (χ1n) is 10.4. The summed E-state index contributed by atoms with van der Waals surface area (Å²) in [7, 11) is 1.44. The molecule has 178 valence electrons. The van der Waals surface area contributed by atoms with E-state index in [0.717, 1.165) is 5.56 Å². The minimum absolute atomic E-state index is 0.236. The molecule has 0 aromatic heterocycles. The van der Waals surface area contributed by atoms with Crippen LogP contribution in [-0.4, -0.2) is 37.7 Å². The molecule has 0 aliphatic heterocycles. The highest BCUT2D eigenvalue weighted by atomic mass is 35.5. The monoisotopic (exact) mass is 491 g/mol. The molecule has 0 aliphatic carbocycles. The number of hydrogen-bond donors (Lipinski definition) is 2. The number of nitrogens with zero attached hydrogens (tertiary/aromatic N) is 1. The van der Waals surface area contributed by atoms with Crippen molar-refractivity contribution in [2.24, 2.45) is 5.10 Å². The molecule has 35 heavy (non-hydrogen) atoms. The highest BCUT2D eigenvalue weighted by Crippen LogP contribution is 2.27. The van der Waals surface area contributed by atoms with Gasteiger partial charge in [0.15, 0.2) is 11.5 Å². The Labute approximate surface area is 207 Å². The average Bonchev–Trinajstić information content (AvgIpc) is 2.87. The predicted molar refractivity (Wildman–Crippen MR) is 134 cm³/mol. The summed E-state index contributed by atoms with van der Waals surface area (Å²) < 4.78 is 10.6. The molecule has 0 spiro atoms. The predicted octanol–water partition coefficient (Wildman–Crippen LogP) is 3.85. The van der Waals surface area contributed by atoms with E-state index < -0.39 is 17.8 Å². The van der Waals surface area contributed by atoms with Crippen LogP contribution in [0.25, 0.3) is 6.08 Å². The van der Waals surface area contributed by atoms with Crippen LogP contribution in [0.1, 0.15) is 21.5 Å². The summed E-state index contributed by atoms with van der Waals surface area (Å²) >= 11 is 5.86. The number of rotatable bonds is 9. The van der Waals surface area contributed by atoms with Gasteiger partial charge in [-0.2, -0.15) is 5.10 Å². The summed E-state index contributed by atoms with van der Waals surface area (Å²) in [5.41, 5.74) is 4.12. The lowest BCUT2D eigenvalue weighted by Crippen LogP contribution is -2.34. The lowest BCUT2D eigenvalue weighted by Gasteiger charge is -2.08. The maximum Gasteiger partial charge on any atom is 0.336 e. The fourth-order valence-corrected chi connectivity index (χ4v) is 3.02. The Morgan fingerprint density at radius 3 is 2.49 bits per heavy atom. The van der Waals surface area contributed by atoms with Crippen LogP contribution in [0.2, 0.25) is 5.02 Å². The van der Waals surface area contributed by atoms with Crippen LogP contribution in [0.15, 0.2) is 84.0 Å². The Kier molecular flexibility index (Phi) is 9.15. The van der Waals surface area contributed by atoms with E-state index in [1.165, 1.54) is 25.5 Å². The van der Waals surface area contributed by atoms with Crippen molar-refractivity contribution in [2.75, 3.05) is 13.7 Å². The van der Waals surface area contributed by atoms with E-state index >= 15 is 0 Å². The van der Waals surface area contributed by atoms with Crippen molar-refractivity contribution in [2.45, 2.75) is 0 Å². The zero-order chi connectivity index (χ0) is 25.0. The number of carbonyl (C=O) groups excluding carboxylic acids is 3. The van der Waals surface area contributed by atoms with Crippen molar-refractivity contribution in [3.8, 4) is 11.5 Å². The normalized spacial score (nSPS) is 10.8. The minimum atomic E-state index is -0.555. The van der Waals surface area contributed by atoms with Crippen LogP contribution < -0.4 is 20.2 Å². The summed E-state index contributed by atoms with van der Waals surface area (Å²) in [6.07, 6.45) is 4.36. The zero-order valence-corrected chi connectivity index (χ0v) is 19.5. The Balaban J connectivity index is 1.51. The molecule has 0 heterocycles. The van der Waals surface area contributed by atoms with Gasteiger partial charge in [0.1, 0.15) is 0 Å². The van der Waals surface area contributed by atoms with Gasteiger partial charge in [-0.3, -0.25) is 9.59 Å². The zero-order valence-electron chi connectivity index (χ0n) is 18.7. The second-order valence-electron chi connectivity index (χ2n) is 7.06. The molecular formula is C26H22ClN3O5. The number of halogens is 1. The standard InChI is InChI=1S/C26H22ClN3O5/c1-34-23-14-19(10-12-22(23)35-25(32)13-11-18-6-3-2-4-7-18)16-29-30-24(31)17-28-26(33)20-8-5-9-21(27)15-20/h2-16H,17H2,1H3,(H,28,33)(H,30,31)/b13-11+,29-16-. The van der Waals surface area contributed by atoms with E-state index in [2.05, 4.69) is 15.8 Å². The molecule has 0 saturated heterocycles. The highest BCUT2D eigenvalue weighted by Gasteiger charge is 2.10. The first-order chi connectivity index (χ1) is 16.9. The van der Waals surface area contributed by atoms with Crippen molar-refractivity contribution < 1.29 is 23.9 Å². The third-order valence-electron chi connectivity index (χ3n) is 4.51. The Morgan fingerprint density at radius 1 is 0.943 bits per heavy atom. The minimum Gasteiger partial charge on any atom is -0.493 e. The number of carbonyl (C=O) groups is 3. The van der Waals surface area contributed by atoms with E-state index in [9.17, 15) is 14.4 Å². The molecule has 0 aliphatic rings. The SMILES string of the molecule is COc1cc(/C=N\NC(=O)CNC(=O)c2cccc(Cl)c2)ccc1OC(=O)/C=C/c1ccccc1. The van der Waals surface area contributed by atoms with Gasteiger partial charge in [0.05, 0.1) is 19.9 Å². The van der Waals surface area contributed by atoms with Crippen LogP contribution in [0.3, 0.4) is 0 Å². The maximum absolute atomic E-state index is 12.1. The summed E-state index contributed by atoms with van der Waals surface area (Å²) in [6, 6.07) is 20.5. The van der Waals surface area contributed by atoms with Crippen LogP contribution in [0, 0.1) is 0 Å². The van der Waals surface area contributed by atoms with Crippen molar-refractivity contribution in [1.29, 1.82) is 0 Å². The topological polar surface area (TPSA) is 106 Å². The number of nitrogens with one attached hydrogen (secondary N) is 2. The number of ether oxygens (including phenoxy) is 2. The summed E-state index contributed by atoms with van der Waals surface area (Å²) in [5, 5.41) is 6.77. The molecule has 2 amide bonds. The molecule has 2 N–H and O–H groups in total. The number of esters is 1. The van der Waals surface area contributed by atoms with Crippen LogP contribution >= 0.6 is 11.6 Å². The number of hydrazone groups is 1. The molecule has 0 fully saturated rings. The summed E-state index contributed by atoms with van der Waals surface area (Å²) in [4.78, 5) is 36.1. The number of methoxy groups -OCH3 is 1. The van der Waals surface area contributed by atoms with Gasteiger partial charge in [0.25, 0.3) is 11.8 Å². The lowest BCUT2D eigenvalue weighted by molar-refractivity contribution is -0.129. The number of amides is 2. The van der Waals surface area contributed by atoms with Gasteiger partial charge in [-0.05, 0) is 53.6 Å². The highest BCUT2D eigenvalue weighted by molar-refractivity contribution is 6.31. The second kappa shape index (κ2) is 12.7. The Morgan fingerprint density at radius 2 is 1.74 bits per heavy atom. The third kappa shape index (κ3) is 8.13. The smallest absolute Gasteiger partial charge is 0.336 e. The van der Waals surface area contributed by atoms with Gasteiger partial charge >= 0.3 is 5.97 Å². The fourth-order valence-electron chi connectivity index (χ4n) is 2.83. The van der Waals surface area contributed by atoms with Gasteiger partial charge in [-0.15, -0.1) is 0 Å². The molecule has 0 saturated carbocycles. The van der Waals surface area contributed by atoms with Gasteiger partial charge in [-0.1, -0.05) is 48.0 Å². The molecule has 8 nitrogen and oxygen atoms in total. The third-order valence-corrected chi connectivity index (χ3v) is 4.74. The van der Waals surface area contributed by atoms with Gasteiger partial charge in [0.2, 0.25) is 0 Å². The molecule has 0 radical (unpaired) electrons. The molecule has 9 heteroatoms. The largest absolute Gasteiger partial charge is 0.493 e. The molecule has 0 atom stereocenters. The first kappa shape index (κ1) is 25.2.